The van der Waals surface area contributed by atoms with Crippen LogP contribution in [0.2, 0.25) is 5.02 Å². The normalized spacial score (nSPS) is 12.3. The molecule has 0 spiro atoms. The van der Waals surface area contributed by atoms with Gasteiger partial charge in [0.25, 0.3) is 0 Å². The zero-order valence-corrected chi connectivity index (χ0v) is 11.9. The lowest BCUT2D eigenvalue weighted by Crippen LogP contribution is -2.42. The second kappa shape index (κ2) is 7.27. The zero-order chi connectivity index (χ0) is 13.5. The Labute approximate surface area is 114 Å². The predicted molar refractivity (Wildman–Crippen MR) is 75.9 cm³/mol. The number of rotatable bonds is 5. The zero-order valence-electron chi connectivity index (χ0n) is 11.2. The molecule has 0 radical (unpaired) electrons. The first-order chi connectivity index (χ1) is 8.56. The molecule has 1 aromatic rings. The van der Waals surface area contributed by atoms with Crippen LogP contribution in [0.15, 0.2) is 24.3 Å². The maximum atomic E-state index is 11.8. The Morgan fingerprint density at radius 2 is 1.94 bits per heavy atom. The molecule has 100 valence electrons. The molecule has 1 aromatic carbocycles. The molecule has 0 bridgehead atoms. The number of halogens is 1. The maximum absolute atomic E-state index is 11.8. The van der Waals surface area contributed by atoms with Gasteiger partial charge in [0.2, 0.25) is 0 Å². The number of urea groups is 1. The van der Waals surface area contributed by atoms with Crippen LogP contribution in [0.25, 0.3) is 0 Å². The van der Waals surface area contributed by atoms with Gasteiger partial charge in [-0.3, -0.25) is 0 Å². The average molecular weight is 269 g/mol. The van der Waals surface area contributed by atoms with Crippen LogP contribution in [-0.2, 0) is 0 Å². The third kappa shape index (κ3) is 4.57. The van der Waals surface area contributed by atoms with Crippen molar-refractivity contribution in [2.45, 2.75) is 45.7 Å². The molecule has 0 fully saturated rings. The number of carbonyl (C=O) groups excluding carboxylic acids is 1. The standard InChI is InChI=1S/C14H21ClN2O/c1-4-13(5-2)17-14(18)16-10(3)11-7-6-8-12(15)9-11/h6-10,13H,4-5H2,1-3H3,(H2,16,17,18)/t10-/m1/s1. The lowest BCUT2D eigenvalue weighted by atomic mass is 10.1. The van der Waals surface area contributed by atoms with E-state index in [9.17, 15) is 4.79 Å². The van der Waals surface area contributed by atoms with Crippen molar-refractivity contribution in [3.63, 3.8) is 0 Å². The van der Waals surface area contributed by atoms with E-state index in [0.29, 0.717) is 5.02 Å². The first-order valence-corrected chi connectivity index (χ1v) is 6.77. The molecule has 1 rings (SSSR count). The van der Waals surface area contributed by atoms with Gasteiger partial charge in [-0.1, -0.05) is 37.6 Å². The summed E-state index contributed by atoms with van der Waals surface area (Å²) in [7, 11) is 0. The summed E-state index contributed by atoms with van der Waals surface area (Å²) in [5.74, 6) is 0. The number of hydrogen-bond donors (Lipinski definition) is 2. The van der Waals surface area contributed by atoms with E-state index < -0.39 is 0 Å². The SMILES string of the molecule is CCC(CC)NC(=O)N[C@H](C)c1cccc(Cl)c1. The lowest BCUT2D eigenvalue weighted by Gasteiger charge is -2.19. The number of benzene rings is 1. The second-order valence-corrected chi connectivity index (χ2v) is 4.84. The van der Waals surface area contributed by atoms with Crippen molar-refractivity contribution >= 4 is 17.6 Å². The van der Waals surface area contributed by atoms with E-state index in [2.05, 4.69) is 24.5 Å². The summed E-state index contributed by atoms with van der Waals surface area (Å²) in [6, 6.07) is 7.57. The molecular weight excluding hydrogens is 248 g/mol. The summed E-state index contributed by atoms with van der Waals surface area (Å²) in [6.45, 7) is 6.07. The van der Waals surface area contributed by atoms with Gasteiger partial charge in [-0.2, -0.15) is 0 Å². The number of amides is 2. The smallest absolute Gasteiger partial charge is 0.315 e. The van der Waals surface area contributed by atoms with E-state index in [0.717, 1.165) is 18.4 Å². The number of carbonyl (C=O) groups is 1. The highest BCUT2D eigenvalue weighted by Crippen LogP contribution is 2.17. The molecule has 4 heteroatoms. The van der Waals surface area contributed by atoms with Crippen LogP contribution in [0.3, 0.4) is 0 Å². The third-order valence-corrected chi connectivity index (χ3v) is 3.25. The Balaban J connectivity index is 2.54. The molecule has 0 aliphatic rings. The van der Waals surface area contributed by atoms with Gasteiger partial charge in [0.05, 0.1) is 6.04 Å². The van der Waals surface area contributed by atoms with Crippen LogP contribution in [0.5, 0.6) is 0 Å². The molecule has 0 aliphatic carbocycles. The summed E-state index contributed by atoms with van der Waals surface area (Å²) in [5, 5.41) is 6.54. The van der Waals surface area contributed by atoms with E-state index in [1.165, 1.54) is 0 Å². The van der Waals surface area contributed by atoms with Gasteiger partial charge < -0.3 is 10.6 Å². The van der Waals surface area contributed by atoms with Crippen LogP contribution in [0.1, 0.15) is 45.2 Å². The van der Waals surface area contributed by atoms with Gasteiger partial charge in [0, 0.05) is 11.1 Å². The Kier molecular flexibility index (Phi) is 5.99. The molecule has 3 nitrogen and oxygen atoms in total. The van der Waals surface area contributed by atoms with Gasteiger partial charge >= 0.3 is 6.03 Å². The van der Waals surface area contributed by atoms with Crippen molar-refractivity contribution < 1.29 is 4.79 Å². The van der Waals surface area contributed by atoms with Gasteiger partial charge in [-0.05, 0) is 37.5 Å². The Bertz CT molecular complexity index is 391. The second-order valence-electron chi connectivity index (χ2n) is 4.41. The molecule has 0 aromatic heterocycles. The van der Waals surface area contributed by atoms with Crippen LogP contribution < -0.4 is 10.6 Å². The number of hydrogen-bond acceptors (Lipinski definition) is 1. The minimum atomic E-state index is -0.129. The molecule has 0 saturated heterocycles. The van der Waals surface area contributed by atoms with Gasteiger partial charge in [-0.25, -0.2) is 4.79 Å². The van der Waals surface area contributed by atoms with E-state index in [1.807, 2.05) is 31.2 Å². The van der Waals surface area contributed by atoms with Gasteiger partial charge in [-0.15, -0.1) is 0 Å². The summed E-state index contributed by atoms with van der Waals surface area (Å²) < 4.78 is 0. The fourth-order valence-corrected chi connectivity index (χ4v) is 1.97. The predicted octanol–water partition coefficient (Wildman–Crippen LogP) is 3.89. The summed E-state index contributed by atoms with van der Waals surface area (Å²) >= 11 is 5.93. The Morgan fingerprint density at radius 1 is 1.28 bits per heavy atom. The maximum Gasteiger partial charge on any atom is 0.315 e. The van der Waals surface area contributed by atoms with Crippen molar-refractivity contribution in [3.8, 4) is 0 Å². The molecular formula is C14H21ClN2O. The summed E-state index contributed by atoms with van der Waals surface area (Å²) in [4.78, 5) is 11.8. The molecule has 18 heavy (non-hydrogen) atoms. The molecule has 0 saturated carbocycles. The average Bonchev–Trinajstić information content (AvgIpc) is 2.35. The summed E-state index contributed by atoms with van der Waals surface area (Å²) in [5.41, 5.74) is 1.00. The lowest BCUT2D eigenvalue weighted by molar-refractivity contribution is 0.233. The Hall–Kier alpha value is -1.22. The first-order valence-electron chi connectivity index (χ1n) is 6.39. The minimum Gasteiger partial charge on any atom is -0.335 e. The Morgan fingerprint density at radius 3 is 2.50 bits per heavy atom. The van der Waals surface area contributed by atoms with Crippen molar-refractivity contribution in [1.82, 2.24) is 10.6 Å². The highest BCUT2D eigenvalue weighted by atomic mass is 35.5. The van der Waals surface area contributed by atoms with Crippen molar-refractivity contribution in [2.75, 3.05) is 0 Å². The molecule has 0 heterocycles. The molecule has 0 aliphatic heterocycles. The monoisotopic (exact) mass is 268 g/mol. The van der Waals surface area contributed by atoms with Crippen LogP contribution in [0, 0.1) is 0 Å². The third-order valence-electron chi connectivity index (χ3n) is 3.02. The first kappa shape index (κ1) is 14.8. The molecule has 2 N–H and O–H groups in total. The topological polar surface area (TPSA) is 41.1 Å². The van der Waals surface area contributed by atoms with Crippen molar-refractivity contribution in [2.24, 2.45) is 0 Å². The van der Waals surface area contributed by atoms with Crippen molar-refractivity contribution in [3.05, 3.63) is 34.9 Å². The summed E-state index contributed by atoms with van der Waals surface area (Å²) in [6.07, 6.45) is 1.88. The van der Waals surface area contributed by atoms with Crippen molar-refractivity contribution in [1.29, 1.82) is 0 Å². The molecule has 2 amide bonds. The highest BCUT2D eigenvalue weighted by molar-refractivity contribution is 6.30. The van der Waals surface area contributed by atoms with E-state index in [4.69, 9.17) is 11.6 Å². The van der Waals surface area contributed by atoms with Gasteiger partial charge in [0.15, 0.2) is 0 Å². The van der Waals surface area contributed by atoms with Crippen LogP contribution in [-0.4, -0.2) is 12.1 Å². The molecule has 1 atom stereocenters. The van der Waals surface area contributed by atoms with Crippen LogP contribution in [0.4, 0.5) is 4.79 Å². The van der Waals surface area contributed by atoms with E-state index >= 15 is 0 Å². The van der Waals surface area contributed by atoms with E-state index in [-0.39, 0.29) is 18.1 Å². The fraction of sp³-hybridized carbons (Fsp3) is 0.500. The van der Waals surface area contributed by atoms with Crippen LogP contribution >= 0.6 is 11.6 Å². The largest absolute Gasteiger partial charge is 0.335 e. The number of nitrogens with one attached hydrogen (secondary N) is 2. The fourth-order valence-electron chi connectivity index (χ4n) is 1.78. The molecule has 0 unspecified atom stereocenters. The van der Waals surface area contributed by atoms with Gasteiger partial charge in [0.1, 0.15) is 0 Å². The minimum absolute atomic E-state index is 0.0573. The van der Waals surface area contributed by atoms with E-state index in [1.54, 1.807) is 0 Å². The quantitative estimate of drug-likeness (QED) is 0.836. The highest BCUT2D eigenvalue weighted by Gasteiger charge is 2.12.